The second-order valence-electron chi connectivity index (χ2n) is 5.35. The molecule has 0 aliphatic rings. The monoisotopic (exact) mass is 345 g/mol. The standard InChI is InChI=1S/C16H15N3O4S/c1-19-7-6-10-8-11(2-4-14(10)19)18-24(22,23)12-3-5-15(20)13(9-12)16(17)21/h2-9,18,20H,1H3,(H2,17,21). The molecular formula is C16H15N3O4S. The van der Waals surface area contributed by atoms with Gasteiger partial charge in [-0.15, -0.1) is 0 Å². The molecule has 1 amide bonds. The van der Waals surface area contributed by atoms with Crippen LogP contribution >= 0.6 is 0 Å². The molecule has 7 nitrogen and oxygen atoms in total. The van der Waals surface area contributed by atoms with Gasteiger partial charge in [0.1, 0.15) is 5.75 Å². The molecule has 0 fully saturated rings. The molecule has 8 heteroatoms. The fourth-order valence-corrected chi connectivity index (χ4v) is 3.51. The molecule has 0 aliphatic carbocycles. The zero-order chi connectivity index (χ0) is 17.5. The maximum absolute atomic E-state index is 12.5. The van der Waals surface area contributed by atoms with E-state index in [2.05, 4.69) is 4.72 Å². The summed E-state index contributed by atoms with van der Waals surface area (Å²) in [5, 5.41) is 10.5. The van der Waals surface area contributed by atoms with Crippen LogP contribution in [0.4, 0.5) is 5.69 Å². The van der Waals surface area contributed by atoms with E-state index in [1.54, 1.807) is 18.2 Å². The van der Waals surface area contributed by atoms with Crippen LogP contribution in [0.3, 0.4) is 0 Å². The second-order valence-corrected chi connectivity index (χ2v) is 7.03. The topological polar surface area (TPSA) is 114 Å². The molecule has 0 atom stereocenters. The number of carbonyl (C=O) groups is 1. The van der Waals surface area contributed by atoms with Crippen molar-refractivity contribution < 1.29 is 18.3 Å². The Balaban J connectivity index is 1.98. The zero-order valence-corrected chi connectivity index (χ0v) is 13.5. The van der Waals surface area contributed by atoms with Crippen LogP contribution in [0.15, 0.2) is 53.6 Å². The number of hydrogen-bond acceptors (Lipinski definition) is 4. The predicted molar refractivity (Wildman–Crippen MR) is 90.4 cm³/mol. The van der Waals surface area contributed by atoms with Crippen molar-refractivity contribution in [1.82, 2.24) is 4.57 Å². The van der Waals surface area contributed by atoms with Gasteiger partial charge in [0.15, 0.2) is 0 Å². The van der Waals surface area contributed by atoms with E-state index in [4.69, 9.17) is 5.73 Å². The molecule has 0 saturated carbocycles. The predicted octanol–water partition coefficient (Wildman–Crippen LogP) is 1.78. The number of aromatic hydroxyl groups is 1. The van der Waals surface area contributed by atoms with Crippen molar-refractivity contribution in [3.63, 3.8) is 0 Å². The summed E-state index contributed by atoms with van der Waals surface area (Å²) in [6.45, 7) is 0. The summed E-state index contributed by atoms with van der Waals surface area (Å²) in [6, 6.07) is 10.4. The number of hydrogen-bond donors (Lipinski definition) is 3. The Kier molecular flexibility index (Phi) is 3.69. The number of aryl methyl sites for hydroxylation is 1. The molecule has 0 radical (unpaired) electrons. The average molecular weight is 345 g/mol. The lowest BCUT2D eigenvalue weighted by molar-refractivity contribution is 0.0997. The number of nitrogens with two attached hydrogens (primary N) is 1. The van der Waals surface area contributed by atoms with E-state index in [0.29, 0.717) is 5.69 Å². The zero-order valence-electron chi connectivity index (χ0n) is 12.7. The summed E-state index contributed by atoms with van der Waals surface area (Å²) in [6.07, 6.45) is 1.88. The average Bonchev–Trinajstić information content (AvgIpc) is 2.87. The molecule has 3 aromatic rings. The van der Waals surface area contributed by atoms with E-state index in [1.807, 2.05) is 23.9 Å². The van der Waals surface area contributed by atoms with Crippen LogP contribution in [0.25, 0.3) is 10.9 Å². The third-order valence-corrected chi connectivity index (χ3v) is 5.06. The first-order chi connectivity index (χ1) is 11.3. The number of nitrogens with one attached hydrogen (secondary N) is 1. The van der Waals surface area contributed by atoms with Gasteiger partial charge in [-0.05, 0) is 42.5 Å². The number of fused-ring (bicyclic) bond motifs is 1. The molecule has 4 N–H and O–H groups in total. The molecule has 3 rings (SSSR count). The van der Waals surface area contributed by atoms with Gasteiger partial charge in [0.05, 0.1) is 10.5 Å². The summed E-state index contributed by atoms with van der Waals surface area (Å²) >= 11 is 0. The van der Waals surface area contributed by atoms with E-state index in [0.717, 1.165) is 23.0 Å². The fourth-order valence-electron chi connectivity index (χ4n) is 2.44. The van der Waals surface area contributed by atoms with Crippen LogP contribution in [0, 0.1) is 0 Å². The fraction of sp³-hybridized carbons (Fsp3) is 0.0625. The molecule has 1 heterocycles. The molecule has 124 valence electrons. The molecule has 0 spiro atoms. The summed E-state index contributed by atoms with van der Waals surface area (Å²) in [5.74, 6) is -1.28. The van der Waals surface area contributed by atoms with Gasteiger partial charge in [0.25, 0.3) is 15.9 Å². The smallest absolute Gasteiger partial charge is 0.261 e. The highest BCUT2D eigenvalue weighted by Gasteiger charge is 2.18. The molecule has 24 heavy (non-hydrogen) atoms. The van der Waals surface area contributed by atoms with Crippen LogP contribution in [0.5, 0.6) is 5.75 Å². The third-order valence-electron chi connectivity index (χ3n) is 3.68. The third kappa shape index (κ3) is 2.79. The lowest BCUT2D eigenvalue weighted by Gasteiger charge is -2.10. The number of amides is 1. The highest BCUT2D eigenvalue weighted by atomic mass is 32.2. The number of phenols is 1. The first-order valence-corrected chi connectivity index (χ1v) is 8.47. The van der Waals surface area contributed by atoms with Gasteiger partial charge in [-0.3, -0.25) is 9.52 Å². The number of anilines is 1. The molecule has 0 saturated heterocycles. The molecule has 2 aromatic carbocycles. The highest BCUT2D eigenvalue weighted by molar-refractivity contribution is 7.92. The Hall–Kier alpha value is -3.00. The maximum atomic E-state index is 12.5. The molecule has 0 aliphatic heterocycles. The summed E-state index contributed by atoms with van der Waals surface area (Å²) in [4.78, 5) is 11.1. The Bertz CT molecular complexity index is 1050. The Labute approximate surface area is 138 Å². The van der Waals surface area contributed by atoms with Crippen LogP contribution in [0.1, 0.15) is 10.4 Å². The largest absolute Gasteiger partial charge is 0.507 e. The number of primary amides is 1. The van der Waals surface area contributed by atoms with Gasteiger partial charge >= 0.3 is 0 Å². The lowest BCUT2D eigenvalue weighted by atomic mass is 10.2. The van der Waals surface area contributed by atoms with Gasteiger partial charge in [-0.1, -0.05) is 0 Å². The van der Waals surface area contributed by atoms with Crippen LogP contribution in [-0.4, -0.2) is 24.0 Å². The molecule has 0 bridgehead atoms. The SMILES string of the molecule is Cn1ccc2cc(NS(=O)(=O)c3ccc(O)c(C(N)=O)c3)ccc21. The van der Waals surface area contributed by atoms with Crippen molar-refractivity contribution in [1.29, 1.82) is 0 Å². The van der Waals surface area contributed by atoms with Crippen molar-refractivity contribution in [2.45, 2.75) is 4.90 Å². The number of sulfonamides is 1. The second kappa shape index (κ2) is 5.57. The number of nitrogens with zero attached hydrogens (tertiary/aromatic N) is 1. The Morgan fingerprint density at radius 2 is 1.92 bits per heavy atom. The minimum absolute atomic E-state index is 0.165. The van der Waals surface area contributed by atoms with Crippen molar-refractivity contribution in [3.8, 4) is 5.75 Å². The highest BCUT2D eigenvalue weighted by Crippen LogP contribution is 2.25. The van der Waals surface area contributed by atoms with Gasteiger partial charge in [0, 0.05) is 29.8 Å². The Morgan fingerprint density at radius 3 is 2.62 bits per heavy atom. The quantitative estimate of drug-likeness (QED) is 0.668. The van der Waals surface area contributed by atoms with Gasteiger partial charge in [-0.25, -0.2) is 8.42 Å². The normalized spacial score (nSPS) is 11.5. The van der Waals surface area contributed by atoms with E-state index in [9.17, 15) is 18.3 Å². The molecule has 1 aromatic heterocycles. The minimum Gasteiger partial charge on any atom is -0.507 e. The number of carbonyl (C=O) groups excluding carboxylic acids is 1. The van der Waals surface area contributed by atoms with E-state index >= 15 is 0 Å². The summed E-state index contributed by atoms with van der Waals surface area (Å²) in [5.41, 5.74) is 6.24. The van der Waals surface area contributed by atoms with Gasteiger partial charge in [-0.2, -0.15) is 0 Å². The first-order valence-electron chi connectivity index (χ1n) is 6.99. The molecular weight excluding hydrogens is 330 g/mol. The number of aromatic nitrogens is 1. The van der Waals surface area contributed by atoms with E-state index in [-0.39, 0.29) is 16.2 Å². The van der Waals surface area contributed by atoms with Crippen LogP contribution < -0.4 is 10.5 Å². The first kappa shape index (κ1) is 15.9. The summed E-state index contributed by atoms with van der Waals surface area (Å²) < 4.78 is 29.3. The maximum Gasteiger partial charge on any atom is 0.261 e. The lowest BCUT2D eigenvalue weighted by Crippen LogP contribution is -2.16. The number of benzene rings is 2. The van der Waals surface area contributed by atoms with Gasteiger partial charge in [0.2, 0.25) is 0 Å². The van der Waals surface area contributed by atoms with E-state index in [1.165, 1.54) is 6.07 Å². The van der Waals surface area contributed by atoms with Crippen LogP contribution in [-0.2, 0) is 17.1 Å². The minimum atomic E-state index is -3.92. The Morgan fingerprint density at radius 1 is 1.17 bits per heavy atom. The van der Waals surface area contributed by atoms with E-state index < -0.39 is 15.9 Å². The number of rotatable bonds is 4. The van der Waals surface area contributed by atoms with Crippen LogP contribution in [0.2, 0.25) is 0 Å². The summed E-state index contributed by atoms with van der Waals surface area (Å²) in [7, 11) is -2.03. The van der Waals surface area contributed by atoms with Crippen molar-refractivity contribution in [2.75, 3.05) is 4.72 Å². The molecule has 0 unspecified atom stereocenters. The van der Waals surface area contributed by atoms with Crippen molar-refractivity contribution in [3.05, 3.63) is 54.2 Å². The van der Waals surface area contributed by atoms with Gasteiger partial charge < -0.3 is 15.4 Å². The van der Waals surface area contributed by atoms with Crippen molar-refractivity contribution >= 4 is 32.5 Å². The van der Waals surface area contributed by atoms with Crippen molar-refractivity contribution in [2.24, 2.45) is 12.8 Å².